The summed E-state index contributed by atoms with van der Waals surface area (Å²) in [5.74, 6) is -0.405. The largest absolute Gasteiger partial charge is 0.353 e. The predicted octanol–water partition coefficient (Wildman–Crippen LogP) is 2.05. The fraction of sp³-hybridized carbons (Fsp3) is 0.556. The van der Waals surface area contributed by atoms with Crippen molar-refractivity contribution < 1.29 is 14.5 Å². The van der Waals surface area contributed by atoms with E-state index in [1.54, 1.807) is 11.8 Å². The molecule has 1 saturated heterocycles. The van der Waals surface area contributed by atoms with Crippen LogP contribution in [-0.4, -0.2) is 53.9 Å². The summed E-state index contributed by atoms with van der Waals surface area (Å²) in [7, 11) is 0. The number of nitro benzene ring substituents is 1. The highest BCUT2D eigenvalue weighted by molar-refractivity contribution is 5.98. The van der Waals surface area contributed by atoms with Gasteiger partial charge in [-0.3, -0.25) is 19.7 Å². The number of hydrogen-bond acceptors (Lipinski definition) is 5. The highest BCUT2D eigenvalue weighted by atomic mass is 35.5. The van der Waals surface area contributed by atoms with E-state index >= 15 is 0 Å². The topological polar surface area (TPSA) is 105 Å². The summed E-state index contributed by atoms with van der Waals surface area (Å²) in [6.45, 7) is 6.32. The van der Waals surface area contributed by atoms with E-state index in [0.717, 1.165) is 19.4 Å². The van der Waals surface area contributed by atoms with Gasteiger partial charge in [-0.1, -0.05) is 6.92 Å². The Kier molecular flexibility index (Phi) is 9.17. The van der Waals surface area contributed by atoms with Gasteiger partial charge in [0.05, 0.1) is 4.92 Å². The van der Waals surface area contributed by atoms with Crippen LogP contribution in [0.5, 0.6) is 0 Å². The molecule has 2 amide bonds. The second-order valence-corrected chi connectivity index (χ2v) is 6.46. The van der Waals surface area contributed by atoms with Gasteiger partial charge in [-0.05, 0) is 44.9 Å². The maximum atomic E-state index is 12.8. The molecule has 0 spiro atoms. The van der Waals surface area contributed by atoms with E-state index < -0.39 is 11.0 Å². The fourth-order valence-corrected chi connectivity index (χ4v) is 3.14. The van der Waals surface area contributed by atoms with Crippen LogP contribution in [-0.2, 0) is 4.79 Å². The zero-order chi connectivity index (χ0) is 19.1. The van der Waals surface area contributed by atoms with E-state index in [1.807, 2.05) is 0 Å². The van der Waals surface area contributed by atoms with Crippen molar-refractivity contribution >= 4 is 29.9 Å². The molecule has 0 radical (unpaired) electrons. The van der Waals surface area contributed by atoms with Gasteiger partial charge >= 0.3 is 0 Å². The van der Waals surface area contributed by atoms with Crippen LogP contribution in [0.1, 0.15) is 42.1 Å². The number of nitrogens with zero attached hydrogens (tertiary/aromatic N) is 2. The summed E-state index contributed by atoms with van der Waals surface area (Å²) in [4.78, 5) is 37.2. The van der Waals surface area contributed by atoms with Crippen molar-refractivity contribution in [1.29, 1.82) is 0 Å². The maximum absolute atomic E-state index is 12.8. The molecular weight excluding hydrogens is 372 g/mol. The van der Waals surface area contributed by atoms with Gasteiger partial charge in [0.25, 0.3) is 11.6 Å². The molecule has 8 nitrogen and oxygen atoms in total. The number of hydrogen-bond donors (Lipinski definition) is 2. The number of nitro groups is 1. The van der Waals surface area contributed by atoms with Crippen molar-refractivity contribution in [2.24, 2.45) is 0 Å². The minimum Gasteiger partial charge on any atom is -0.353 e. The summed E-state index contributed by atoms with van der Waals surface area (Å²) in [6, 6.07) is 3.83. The SMILES string of the molecule is CCCNCCNC(=O)C1CCCN1C(=O)c1ccc([N+](=O)[O-])c(C)c1.Cl. The Balaban J connectivity index is 0.00000364. The molecule has 0 bridgehead atoms. The molecule has 2 N–H and O–H groups in total. The van der Waals surface area contributed by atoms with Gasteiger partial charge in [0.1, 0.15) is 6.04 Å². The van der Waals surface area contributed by atoms with Crippen molar-refractivity contribution in [3.05, 3.63) is 39.4 Å². The molecular formula is C18H27ClN4O4. The monoisotopic (exact) mass is 398 g/mol. The zero-order valence-electron chi connectivity index (χ0n) is 15.7. The number of likely N-dealkylation sites (tertiary alicyclic amines) is 1. The lowest BCUT2D eigenvalue weighted by atomic mass is 10.1. The van der Waals surface area contributed by atoms with E-state index in [4.69, 9.17) is 0 Å². The minimum atomic E-state index is -0.482. The second kappa shape index (κ2) is 10.8. The fourth-order valence-electron chi connectivity index (χ4n) is 3.14. The molecule has 1 aliphatic heterocycles. The van der Waals surface area contributed by atoms with Gasteiger partial charge in [0.2, 0.25) is 5.91 Å². The predicted molar refractivity (Wildman–Crippen MR) is 105 cm³/mol. The quantitative estimate of drug-likeness (QED) is 0.396. The number of aryl methyl sites for hydroxylation is 1. The van der Waals surface area contributed by atoms with Crippen LogP contribution in [0.3, 0.4) is 0 Å². The molecule has 1 atom stereocenters. The van der Waals surface area contributed by atoms with Crippen molar-refractivity contribution in [1.82, 2.24) is 15.5 Å². The van der Waals surface area contributed by atoms with Crippen LogP contribution in [0.4, 0.5) is 5.69 Å². The van der Waals surface area contributed by atoms with Gasteiger partial charge in [0.15, 0.2) is 0 Å². The number of amides is 2. The molecule has 9 heteroatoms. The summed E-state index contributed by atoms with van der Waals surface area (Å²) in [5, 5.41) is 17.0. The van der Waals surface area contributed by atoms with Gasteiger partial charge < -0.3 is 15.5 Å². The third-order valence-corrected chi connectivity index (χ3v) is 4.48. The Morgan fingerprint density at radius 1 is 1.30 bits per heavy atom. The number of halogens is 1. The van der Waals surface area contributed by atoms with Gasteiger partial charge in [-0.15, -0.1) is 12.4 Å². The van der Waals surface area contributed by atoms with Crippen LogP contribution in [0, 0.1) is 17.0 Å². The molecule has 0 aromatic heterocycles. The van der Waals surface area contributed by atoms with Gasteiger partial charge in [-0.25, -0.2) is 0 Å². The molecule has 1 unspecified atom stereocenters. The Morgan fingerprint density at radius 2 is 2.04 bits per heavy atom. The van der Waals surface area contributed by atoms with Crippen molar-refractivity contribution in [2.75, 3.05) is 26.2 Å². The highest BCUT2D eigenvalue weighted by Gasteiger charge is 2.34. The lowest BCUT2D eigenvalue weighted by Crippen LogP contribution is -2.47. The van der Waals surface area contributed by atoms with Crippen LogP contribution >= 0.6 is 12.4 Å². The first kappa shape index (κ1) is 22.9. The standard InChI is InChI=1S/C18H26N4O4.ClH/c1-3-8-19-9-10-20-17(23)16-5-4-11-21(16)18(24)14-6-7-15(22(25)26)13(2)12-14;/h6-7,12,16,19H,3-5,8-11H2,1-2H3,(H,20,23);1H. The number of nitrogens with one attached hydrogen (secondary N) is 2. The minimum absolute atomic E-state index is 0. The second-order valence-electron chi connectivity index (χ2n) is 6.46. The first-order valence-electron chi connectivity index (χ1n) is 9.00. The number of rotatable bonds is 8. The summed E-state index contributed by atoms with van der Waals surface area (Å²) < 4.78 is 0. The summed E-state index contributed by atoms with van der Waals surface area (Å²) in [5.41, 5.74) is 0.789. The normalized spacial score (nSPS) is 15.9. The molecule has 1 aromatic carbocycles. The first-order chi connectivity index (χ1) is 12.5. The maximum Gasteiger partial charge on any atom is 0.272 e. The van der Waals surface area contributed by atoms with Crippen molar-refractivity contribution in [2.45, 2.75) is 39.2 Å². The molecule has 1 aliphatic rings. The smallest absolute Gasteiger partial charge is 0.272 e. The average Bonchev–Trinajstić information content (AvgIpc) is 3.10. The molecule has 27 heavy (non-hydrogen) atoms. The summed E-state index contributed by atoms with van der Waals surface area (Å²) in [6.07, 6.45) is 2.43. The molecule has 1 aromatic rings. The van der Waals surface area contributed by atoms with Crippen molar-refractivity contribution in [3.63, 3.8) is 0 Å². The first-order valence-corrected chi connectivity index (χ1v) is 9.00. The Bertz CT molecular complexity index is 683. The van der Waals surface area contributed by atoms with E-state index in [9.17, 15) is 19.7 Å². The average molecular weight is 399 g/mol. The van der Waals surface area contributed by atoms with Crippen LogP contribution in [0.2, 0.25) is 0 Å². The van der Waals surface area contributed by atoms with E-state index in [-0.39, 0.29) is 29.9 Å². The van der Waals surface area contributed by atoms with Gasteiger partial charge in [0, 0.05) is 36.8 Å². The lowest BCUT2D eigenvalue weighted by molar-refractivity contribution is -0.385. The highest BCUT2D eigenvalue weighted by Crippen LogP contribution is 2.23. The molecule has 0 saturated carbocycles. The Hall–Kier alpha value is -2.19. The van der Waals surface area contributed by atoms with E-state index in [0.29, 0.717) is 37.2 Å². The molecule has 1 fully saturated rings. The van der Waals surface area contributed by atoms with E-state index in [1.165, 1.54) is 18.2 Å². The number of benzene rings is 1. The third kappa shape index (κ3) is 5.90. The number of carbonyl (C=O) groups excluding carboxylic acids is 2. The Labute approximate surface area is 165 Å². The molecule has 150 valence electrons. The Morgan fingerprint density at radius 3 is 2.67 bits per heavy atom. The zero-order valence-corrected chi connectivity index (χ0v) is 16.5. The third-order valence-electron chi connectivity index (χ3n) is 4.48. The molecule has 0 aliphatic carbocycles. The number of carbonyl (C=O) groups is 2. The molecule has 1 heterocycles. The van der Waals surface area contributed by atoms with Gasteiger partial charge in [-0.2, -0.15) is 0 Å². The van der Waals surface area contributed by atoms with Crippen LogP contribution < -0.4 is 10.6 Å². The van der Waals surface area contributed by atoms with Crippen molar-refractivity contribution in [3.8, 4) is 0 Å². The van der Waals surface area contributed by atoms with E-state index in [2.05, 4.69) is 17.6 Å². The van der Waals surface area contributed by atoms with Crippen LogP contribution in [0.25, 0.3) is 0 Å². The van der Waals surface area contributed by atoms with Crippen LogP contribution in [0.15, 0.2) is 18.2 Å². The summed E-state index contributed by atoms with van der Waals surface area (Å²) >= 11 is 0. The molecule has 2 rings (SSSR count). The lowest BCUT2D eigenvalue weighted by Gasteiger charge is -2.24.